The summed E-state index contributed by atoms with van der Waals surface area (Å²) in [5, 5.41) is 4.07. The number of oxime groups is 1. The van der Waals surface area contributed by atoms with Crippen molar-refractivity contribution in [2.45, 2.75) is 25.9 Å². The van der Waals surface area contributed by atoms with E-state index in [9.17, 15) is 4.79 Å². The lowest BCUT2D eigenvalue weighted by Crippen LogP contribution is -2.23. The monoisotopic (exact) mass is 215 g/mol. The highest BCUT2D eigenvalue weighted by atomic mass is 16.6. The van der Waals surface area contributed by atoms with Gasteiger partial charge in [0, 0.05) is 12.0 Å². The summed E-state index contributed by atoms with van der Waals surface area (Å²) in [5.41, 5.74) is 3.03. The van der Waals surface area contributed by atoms with E-state index in [0.717, 1.165) is 17.7 Å². The summed E-state index contributed by atoms with van der Waals surface area (Å²) in [7, 11) is 0. The Kier molecular flexibility index (Phi) is 2.06. The molecule has 0 bridgehead atoms. The number of hydrogen-bond acceptors (Lipinski definition) is 3. The maximum absolute atomic E-state index is 11.7. The molecule has 0 amide bonds. The lowest BCUT2D eigenvalue weighted by atomic mass is 9.93. The van der Waals surface area contributed by atoms with Gasteiger partial charge in [-0.2, -0.15) is 0 Å². The average Bonchev–Trinajstić information content (AvgIpc) is 2.84. The minimum Gasteiger partial charge on any atom is -0.391 e. The summed E-state index contributed by atoms with van der Waals surface area (Å²) in [5.74, 6) is 0.143. The van der Waals surface area contributed by atoms with Gasteiger partial charge >= 0.3 is 0 Å². The third-order valence-corrected chi connectivity index (χ3v) is 3.32. The number of aryl methyl sites for hydroxylation is 1. The molecule has 1 heterocycles. The first kappa shape index (κ1) is 9.58. The first-order chi connectivity index (χ1) is 7.75. The van der Waals surface area contributed by atoms with E-state index >= 15 is 0 Å². The van der Waals surface area contributed by atoms with E-state index in [-0.39, 0.29) is 17.8 Å². The zero-order chi connectivity index (χ0) is 11.1. The van der Waals surface area contributed by atoms with Crippen LogP contribution in [0.3, 0.4) is 0 Å². The van der Waals surface area contributed by atoms with Crippen LogP contribution in [-0.2, 0) is 9.63 Å². The van der Waals surface area contributed by atoms with Crippen LogP contribution in [0.4, 0.5) is 0 Å². The molecule has 1 aromatic carbocycles. The van der Waals surface area contributed by atoms with Crippen LogP contribution in [-0.4, -0.2) is 17.6 Å². The van der Waals surface area contributed by atoms with Crippen molar-refractivity contribution in [1.82, 2.24) is 0 Å². The van der Waals surface area contributed by atoms with Gasteiger partial charge in [0.15, 0.2) is 0 Å². The first-order valence-corrected chi connectivity index (χ1v) is 5.59. The molecule has 2 aliphatic rings. The van der Waals surface area contributed by atoms with Gasteiger partial charge in [-0.05, 0) is 13.3 Å². The molecular weight excluding hydrogens is 202 g/mol. The lowest BCUT2D eigenvalue weighted by molar-refractivity contribution is -0.119. The zero-order valence-electron chi connectivity index (χ0n) is 9.14. The molecule has 3 heteroatoms. The highest BCUT2D eigenvalue weighted by molar-refractivity contribution is 6.15. The Morgan fingerprint density at radius 2 is 2.06 bits per heavy atom. The summed E-state index contributed by atoms with van der Waals surface area (Å²) in [6, 6.07) is 8.08. The number of hydrogen-bond donors (Lipinski definition) is 0. The van der Waals surface area contributed by atoms with Gasteiger partial charge < -0.3 is 4.84 Å². The van der Waals surface area contributed by atoms with Crippen molar-refractivity contribution in [3.63, 3.8) is 0 Å². The number of benzene rings is 1. The molecule has 0 aromatic heterocycles. The molecule has 0 N–H and O–H groups in total. The van der Waals surface area contributed by atoms with Crippen molar-refractivity contribution in [3.8, 4) is 0 Å². The van der Waals surface area contributed by atoms with Crippen molar-refractivity contribution in [3.05, 3.63) is 35.4 Å². The predicted molar refractivity (Wildman–Crippen MR) is 60.3 cm³/mol. The number of carbonyl (C=O) groups excluding carboxylic acids is 1. The average molecular weight is 215 g/mol. The minimum absolute atomic E-state index is 0.0104. The quantitative estimate of drug-likeness (QED) is 0.719. The van der Waals surface area contributed by atoms with Gasteiger partial charge in [-0.25, -0.2) is 0 Å². The van der Waals surface area contributed by atoms with Crippen LogP contribution in [0.5, 0.6) is 0 Å². The third-order valence-electron chi connectivity index (χ3n) is 3.32. The molecule has 1 saturated carbocycles. The van der Waals surface area contributed by atoms with Crippen LogP contribution in [0.2, 0.25) is 0 Å². The SMILES string of the molecule is Cc1ccc(C2=NO[C@@H]3CCC(=O)[C@H]23)cc1. The minimum atomic E-state index is -0.122. The molecule has 3 nitrogen and oxygen atoms in total. The summed E-state index contributed by atoms with van der Waals surface area (Å²) in [6.07, 6.45) is 1.42. The smallest absolute Gasteiger partial charge is 0.146 e. The van der Waals surface area contributed by atoms with Gasteiger partial charge in [0.2, 0.25) is 0 Å². The Bertz CT molecular complexity index is 461. The number of fused-ring (bicyclic) bond motifs is 1. The Morgan fingerprint density at radius 1 is 1.31 bits per heavy atom. The Morgan fingerprint density at radius 3 is 2.81 bits per heavy atom. The van der Waals surface area contributed by atoms with Crippen LogP contribution < -0.4 is 0 Å². The zero-order valence-corrected chi connectivity index (χ0v) is 9.14. The van der Waals surface area contributed by atoms with E-state index in [4.69, 9.17) is 4.84 Å². The van der Waals surface area contributed by atoms with Crippen molar-refractivity contribution in [1.29, 1.82) is 0 Å². The van der Waals surface area contributed by atoms with Crippen LogP contribution in [0.15, 0.2) is 29.4 Å². The highest BCUT2D eigenvalue weighted by Gasteiger charge is 2.44. The summed E-state index contributed by atoms with van der Waals surface area (Å²) < 4.78 is 0. The number of carbonyl (C=O) groups is 1. The van der Waals surface area contributed by atoms with E-state index in [1.165, 1.54) is 5.56 Å². The Labute approximate surface area is 94.1 Å². The second kappa shape index (κ2) is 3.44. The maximum atomic E-state index is 11.7. The topological polar surface area (TPSA) is 38.7 Å². The molecule has 1 fully saturated rings. The van der Waals surface area contributed by atoms with E-state index in [1.807, 2.05) is 31.2 Å². The van der Waals surface area contributed by atoms with Gasteiger partial charge in [0.25, 0.3) is 0 Å². The van der Waals surface area contributed by atoms with Crippen LogP contribution >= 0.6 is 0 Å². The van der Waals surface area contributed by atoms with Gasteiger partial charge in [-0.15, -0.1) is 0 Å². The molecule has 0 spiro atoms. The molecule has 3 rings (SSSR count). The summed E-state index contributed by atoms with van der Waals surface area (Å²) in [4.78, 5) is 17.1. The van der Waals surface area contributed by atoms with Crippen molar-refractivity contribution >= 4 is 11.5 Å². The highest BCUT2D eigenvalue weighted by Crippen LogP contribution is 2.33. The van der Waals surface area contributed by atoms with Gasteiger partial charge in [0.1, 0.15) is 23.5 Å². The standard InChI is InChI=1S/C13H13NO2/c1-8-2-4-9(5-3-8)13-12-10(15)6-7-11(12)16-14-13/h2-5,11-12H,6-7H2,1H3/t11-,12+/m1/s1. The van der Waals surface area contributed by atoms with Gasteiger partial charge in [0.05, 0.1) is 0 Å². The fourth-order valence-electron chi connectivity index (χ4n) is 2.39. The lowest BCUT2D eigenvalue weighted by Gasteiger charge is -2.07. The molecule has 1 aliphatic heterocycles. The van der Waals surface area contributed by atoms with Crippen molar-refractivity contribution < 1.29 is 9.63 Å². The number of nitrogens with zero attached hydrogens (tertiary/aromatic N) is 1. The second-order valence-electron chi connectivity index (χ2n) is 4.47. The van der Waals surface area contributed by atoms with Gasteiger partial charge in [-0.3, -0.25) is 4.79 Å². The molecular formula is C13H13NO2. The largest absolute Gasteiger partial charge is 0.391 e. The molecule has 2 atom stereocenters. The normalized spacial score (nSPS) is 27.6. The van der Waals surface area contributed by atoms with Crippen molar-refractivity contribution in [2.24, 2.45) is 11.1 Å². The maximum Gasteiger partial charge on any atom is 0.146 e. The van der Waals surface area contributed by atoms with E-state index in [1.54, 1.807) is 0 Å². The molecule has 0 unspecified atom stereocenters. The fraction of sp³-hybridized carbons (Fsp3) is 0.385. The molecule has 16 heavy (non-hydrogen) atoms. The van der Waals surface area contributed by atoms with Crippen molar-refractivity contribution in [2.75, 3.05) is 0 Å². The van der Waals surface area contributed by atoms with Crippen LogP contribution in [0.1, 0.15) is 24.0 Å². The van der Waals surface area contributed by atoms with Gasteiger partial charge in [-0.1, -0.05) is 35.0 Å². The summed E-state index contributed by atoms with van der Waals surface area (Å²) >= 11 is 0. The van der Waals surface area contributed by atoms with E-state index < -0.39 is 0 Å². The van der Waals surface area contributed by atoms with E-state index in [0.29, 0.717) is 6.42 Å². The van der Waals surface area contributed by atoms with Crippen LogP contribution in [0, 0.1) is 12.8 Å². The Hall–Kier alpha value is -1.64. The number of ketones is 1. The fourth-order valence-corrected chi connectivity index (χ4v) is 2.39. The molecule has 0 radical (unpaired) electrons. The van der Waals surface area contributed by atoms with Crippen LogP contribution in [0.25, 0.3) is 0 Å². The third kappa shape index (κ3) is 1.35. The first-order valence-electron chi connectivity index (χ1n) is 5.59. The molecule has 0 saturated heterocycles. The number of rotatable bonds is 1. The predicted octanol–water partition coefficient (Wildman–Crippen LogP) is 2.08. The Balaban J connectivity index is 1.96. The number of Topliss-reactive ketones (excluding diaryl/α,β-unsaturated/α-hetero) is 1. The molecule has 82 valence electrons. The second-order valence-corrected chi connectivity index (χ2v) is 4.47. The molecule has 1 aromatic rings. The molecule has 1 aliphatic carbocycles. The summed E-state index contributed by atoms with van der Waals surface area (Å²) in [6.45, 7) is 2.04. The van der Waals surface area contributed by atoms with E-state index in [2.05, 4.69) is 5.16 Å².